The number of aryl methyl sites for hydroxylation is 1. The molecule has 0 aliphatic rings. The zero-order valence-electron chi connectivity index (χ0n) is 13.5. The Balaban J connectivity index is 1.80. The second kappa shape index (κ2) is 7.59. The molecule has 0 atom stereocenters. The molecule has 0 spiro atoms. The number of hydrogen-bond acceptors (Lipinski definition) is 5. The van der Waals surface area contributed by atoms with Gasteiger partial charge < -0.3 is 10.1 Å². The van der Waals surface area contributed by atoms with E-state index in [1.165, 1.54) is 11.3 Å². The van der Waals surface area contributed by atoms with Crippen LogP contribution in [0.4, 0.5) is 0 Å². The highest BCUT2D eigenvalue weighted by atomic mass is 32.1. The van der Waals surface area contributed by atoms with E-state index in [1.54, 1.807) is 11.3 Å². The molecule has 0 aliphatic heterocycles. The van der Waals surface area contributed by atoms with Crippen molar-refractivity contribution in [1.29, 1.82) is 0 Å². The fourth-order valence-electron chi connectivity index (χ4n) is 2.28. The Morgan fingerprint density at radius 2 is 2.08 bits per heavy atom. The smallest absolute Gasteiger partial charge is 0.265 e. The predicted molar refractivity (Wildman–Crippen MR) is 98.9 cm³/mol. The molecule has 0 saturated carbocycles. The summed E-state index contributed by atoms with van der Waals surface area (Å²) in [5, 5.41) is 5.89. The Labute approximate surface area is 149 Å². The highest BCUT2D eigenvalue weighted by molar-refractivity contribution is 7.17. The van der Waals surface area contributed by atoms with Gasteiger partial charge in [-0.1, -0.05) is 30.3 Å². The third kappa shape index (κ3) is 3.83. The summed E-state index contributed by atoms with van der Waals surface area (Å²) in [5.41, 5.74) is 1.96. The summed E-state index contributed by atoms with van der Waals surface area (Å²) in [6.45, 7) is 4.82. The first kappa shape index (κ1) is 16.7. The summed E-state index contributed by atoms with van der Waals surface area (Å²) >= 11 is 3.03. The molecule has 1 amide bonds. The van der Waals surface area contributed by atoms with Gasteiger partial charge in [0.15, 0.2) is 0 Å². The number of thiazole rings is 1. The van der Waals surface area contributed by atoms with Crippen molar-refractivity contribution in [3.05, 3.63) is 57.4 Å². The Morgan fingerprint density at radius 3 is 2.75 bits per heavy atom. The van der Waals surface area contributed by atoms with Crippen LogP contribution in [0.25, 0.3) is 10.4 Å². The molecule has 2 heterocycles. The van der Waals surface area contributed by atoms with Crippen LogP contribution >= 0.6 is 22.7 Å². The molecule has 6 heteroatoms. The number of ether oxygens (including phenoxy) is 1. The molecular weight excluding hydrogens is 340 g/mol. The minimum absolute atomic E-state index is 0.128. The molecule has 124 valence electrons. The van der Waals surface area contributed by atoms with Gasteiger partial charge in [-0.15, -0.1) is 22.7 Å². The van der Waals surface area contributed by atoms with Gasteiger partial charge in [-0.25, -0.2) is 4.98 Å². The van der Waals surface area contributed by atoms with E-state index in [-0.39, 0.29) is 5.91 Å². The molecule has 4 nitrogen and oxygen atoms in total. The number of nitrogens with one attached hydrogen (secondary N) is 1. The number of carbonyl (C=O) groups is 1. The van der Waals surface area contributed by atoms with Crippen molar-refractivity contribution in [2.75, 3.05) is 6.61 Å². The number of benzene rings is 1. The van der Waals surface area contributed by atoms with E-state index in [0.717, 1.165) is 21.1 Å². The lowest BCUT2D eigenvalue weighted by molar-refractivity contribution is 0.0951. The SMILES string of the molecule is CCOc1cc(-c2ccccc2)sc1C(=O)NCc1csc(C)n1. The maximum absolute atomic E-state index is 12.6. The van der Waals surface area contributed by atoms with Crippen LogP contribution in [-0.4, -0.2) is 17.5 Å². The minimum Gasteiger partial charge on any atom is -0.492 e. The molecule has 1 N–H and O–H groups in total. The van der Waals surface area contributed by atoms with Gasteiger partial charge in [0.1, 0.15) is 10.6 Å². The van der Waals surface area contributed by atoms with Crippen LogP contribution in [0.3, 0.4) is 0 Å². The third-order valence-corrected chi connectivity index (χ3v) is 5.35. The monoisotopic (exact) mass is 358 g/mol. The van der Waals surface area contributed by atoms with Crippen molar-refractivity contribution in [3.63, 3.8) is 0 Å². The molecule has 0 bridgehead atoms. The Hall–Kier alpha value is -2.18. The fourth-order valence-corrected chi connectivity index (χ4v) is 3.92. The maximum atomic E-state index is 12.6. The van der Waals surface area contributed by atoms with Crippen molar-refractivity contribution < 1.29 is 9.53 Å². The van der Waals surface area contributed by atoms with Gasteiger partial charge in [-0.3, -0.25) is 4.79 Å². The number of amides is 1. The third-order valence-electron chi connectivity index (χ3n) is 3.36. The molecule has 0 saturated heterocycles. The predicted octanol–water partition coefficient (Wildman–Crippen LogP) is 4.51. The number of carbonyl (C=O) groups excluding carboxylic acids is 1. The van der Waals surface area contributed by atoms with Gasteiger partial charge in [-0.2, -0.15) is 0 Å². The lowest BCUT2D eigenvalue weighted by atomic mass is 10.2. The summed E-state index contributed by atoms with van der Waals surface area (Å²) in [6, 6.07) is 11.9. The molecule has 2 aromatic heterocycles. The molecule has 0 aliphatic carbocycles. The maximum Gasteiger partial charge on any atom is 0.265 e. The molecule has 1 aromatic carbocycles. The second-order valence-electron chi connectivity index (χ2n) is 5.14. The Morgan fingerprint density at radius 1 is 1.29 bits per heavy atom. The molecule has 0 radical (unpaired) electrons. The first-order valence-corrected chi connectivity index (χ1v) is 9.38. The summed E-state index contributed by atoms with van der Waals surface area (Å²) in [6.07, 6.45) is 0. The van der Waals surface area contributed by atoms with E-state index in [1.807, 2.05) is 55.6 Å². The van der Waals surface area contributed by atoms with E-state index in [0.29, 0.717) is 23.8 Å². The van der Waals surface area contributed by atoms with E-state index in [2.05, 4.69) is 10.3 Å². The summed E-state index contributed by atoms with van der Waals surface area (Å²) < 4.78 is 5.65. The van der Waals surface area contributed by atoms with Crippen molar-refractivity contribution >= 4 is 28.6 Å². The molecular formula is C18H18N2O2S2. The minimum atomic E-state index is -0.128. The number of aromatic nitrogens is 1. The first-order chi connectivity index (χ1) is 11.7. The second-order valence-corrected chi connectivity index (χ2v) is 7.26. The molecule has 0 fully saturated rings. The highest BCUT2D eigenvalue weighted by Gasteiger charge is 2.18. The quantitative estimate of drug-likeness (QED) is 0.705. The summed E-state index contributed by atoms with van der Waals surface area (Å²) in [7, 11) is 0. The fraction of sp³-hybridized carbons (Fsp3) is 0.222. The standard InChI is InChI=1S/C18H18N2O2S2/c1-3-22-15-9-16(13-7-5-4-6-8-13)24-17(15)18(21)19-10-14-11-23-12(2)20-14/h4-9,11H,3,10H2,1-2H3,(H,19,21). The molecule has 3 aromatic rings. The number of hydrogen-bond donors (Lipinski definition) is 1. The van der Waals surface area contributed by atoms with Gasteiger partial charge in [0, 0.05) is 10.3 Å². The van der Waals surface area contributed by atoms with Gasteiger partial charge >= 0.3 is 0 Å². The summed E-state index contributed by atoms with van der Waals surface area (Å²) in [5.74, 6) is 0.504. The Bertz CT molecular complexity index is 825. The average Bonchev–Trinajstić information content (AvgIpc) is 3.20. The van der Waals surface area contributed by atoms with Crippen LogP contribution in [0.15, 0.2) is 41.8 Å². The van der Waals surface area contributed by atoms with Crippen LogP contribution in [0.1, 0.15) is 27.3 Å². The zero-order chi connectivity index (χ0) is 16.9. The number of rotatable bonds is 6. The lowest BCUT2D eigenvalue weighted by Gasteiger charge is -2.05. The normalized spacial score (nSPS) is 10.6. The van der Waals surface area contributed by atoms with E-state index >= 15 is 0 Å². The molecule has 3 rings (SSSR count). The molecule has 24 heavy (non-hydrogen) atoms. The first-order valence-electron chi connectivity index (χ1n) is 7.68. The highest BCUT2D eigenvalue weighted by Crippen LogP contribution is 2.36. The van der Waals surface area contributed by atoms with Crippen LogP contribution in [0.2, 0.25) is 0 Å². The van der Waals surface area contributed by atoms with Crippen molar-refractivity contribution in [1.82, 2.24) is 10.3 Å². The Kier molecular flexibility index (Phi) is 5.27. The van der Waals surface area contributed by atoms with Crippen LogP contribution in [0.5, 0.6) is 5.75 Å². The number of nitrogens with zero attached hydrogens (tertiary/aromatic N) is 1. The molecule has 0 unspecified atom stereocenters. The van der Waals surface area contributed by atoms with Gasteiger partial charge in [-0.05, 0) is 25.5 Å². The largest absolute Gasteiger partial charge is 0.492 e. The van der Waals surface area contributed by atoms with Crippen molar-refractivity contribution in [2.45, 2.75) is 20.4 Å². The van der Waals surface area contributed by atoms with Gasteiger partial charge in [0.05, 0.1) is 23.9 Å². The van der Waals surface area contributed by atoms with E-state index < -0.39 is 0 Å². The van der Waals surface area contributed by atoms with E-state index in [4.69, 9.17) is 4.74 Å². The lowest BCUT2D eigenvalue weighted by Crippen LogP contribution is -2.22. The van der Waals surface area contributed by atoms with Gasteiger partial charge in [0.2, 0.25) is 0 Å². The van der Waals surface area contributed by atoms with Crippen LogP contribution in [-0.2, 0) is 6.54 Å². The number of thiophene rings is 1. The topological polar surface area (TPSA) is 51.2 Å². The average molecular weight is 358 g/mol. The van der Waals surface area contributed by atoms with E-state index in [9.17, 15) is 4.79 Å². The van der Waals surface area contributed by atoms with Crippen LogP contribution in [0, 0.1) is 6.92 Å². The van der Waals surface area contributed by atoms with Gasteiger partial charge in [0.25, 0.3) is 5.91 Å². The van der Waals surface area contributed by atoms with Crippen molar-refractivity contribution in [2.24, 2.45) is 0 Å². The zero-order valence-corrected chi connectivity index (χ0v) is 15.2. The van der Waals surface area contributed by atoms with Crippen molar-refractivity contribution in [3.8, 4) is 16.2 Å². The summed E-state index contributed by atoms with van der Waals surface area (Å²) in [4.78, 5) is 18.5. The van der Waals surface area contributed by atoms with Crippen LogP contribution < -0.4 is 10.1 Å².